The molecule has 4 aromatic heterocycles. The molecule has 0 spiro atoms. The Labute approximate surface area is 174 Å². The number of nitrogens with zero attached hydrogens (tertiary/aromatic N) is 5. The molecule has 0 atom stereocenters. The molecule has 0 bridgehead atoms. The van der Waals surface area contributed by atoms with Gasteiger partial charge in [-0.25, -0.2) is 9.50 Å². The number of hydrogen-bond acceptors (Lipinski definition) is 5. The standard InChI is InChI=1S/C22H26N6O2/c1-5-27-14(3)18(13(2)24-27)11-26-8-6-17-20(12-26)23-21-10-19(25-28(21)22(17)29)16-7-9-30-15(16)4/h7,9-10,25H,5-6,8,11-12H2,1-4H3. The smallest absolute Gasteiger partial charge is 0.276 e. The molecule has 0 radical (unpaired) electrons. The van der Waals surface area contributed by atoms with Crippen LogP contribution in [0, 0.1) is 20.8 Å². The van der Waals surface area contributed by atoms with Crippen molar-refractivity contribution in [1.82, 2.24) is 29.3 Å². The Kier molecular flexibility index (Phi) is 4.39. The van der Waals surface area contributed by atoms with Crippen molar-refractivity contribution in [2.75, 3.05) is 6.54 Å². The SMILES string of the molecule is CCn1nc(C)c(CN2CCc3c(nc4cc(-c5ccoc5C)[nH]n4c3=O)C2)c1C. The van der Waals surface area contributed by atoms with Crippen molar-refractivity contribution in [3.8, 4) is 11.3 Å². The number of rotatable bonds is 4. The third-order valence-corrected chi connectivity index (χ3v) is 6.21. The Balaban J connectivity index is 1.48. The van der Waals surface area contributed by atoms with Crippen LogP contribution in [0.25, 0.3) is 16.9 Å². The van der Waals surface area contributed by atoms with Crippen LogP contribution in [0.5, 0.6) is 0 Å². The second kappa shape index (κ2) is 6.98. The van der Waals surface area contributed by atoms with Crippen LogP contribution in [0.2, 0.25) is 0 Å². The molecule has 0 fully saturated rings. The highest BCUT2D eigenvalue weighted by Crippen LogP contribution is 2.25. The third kappa shape index (κ3) is 2.90. The molecule has 0 aliphatic carbocycles. The van der Waals surface area contributed by atoms with Gasteiger partial charge in [0.1, 0.15) is 5.76 Å². The number of aromatic nitrogens is 5. The minimum atomic E-state index is -0.00629. The summed E-state index contributed by atoms with van der Waals surface area (Å²) in [6, 6.07) is 3.81. The van der Waals surface area contributed by atoms with Crippen LogP contribution in [0.15, 0.2) is 27.6 Å². The number of H-pyrrole nitrogens is 1. The maximum atomic E-state index is 13.1. The topological polar surface area (TPSA) is 84.4 Å². The lowest BCUT2D eigenvalue weighted by Crippen LogP contribution is -2.36. The summed E-state index contributed by atoms with van der Waals surface area (Å²) in [6.45, 7) is 11.4. The first kappa shape index (κ1) is 18.9. The summed E-state index contributed by atoms with van der Waals surface area (Å²) >= 11 is 0. The summed E-state index contributed by atoms with van der Waals surface area (Å²) in [7, 11) is 0. The van der Waals surface area contributed by atoms with Crippen LogP contribution in [0.4, 0.5) is 0 Å². The maximum Gasteiger partial charge on any atom is 0.276 e. The molecule has 4 aromatic rings. The summed E-state index contributed by atoms with van der Waals surface area (Å²) in [5.74, 6) is 0.809. The minimum Gasteiger partial charge on any atom is -0.469 e. The molecular formula is C22H26N6O2. The highest BCUT2D eigenvalue weighted by molar-refractivity contribution is 5.65. The van der Waals surface area contributed by atoms with Gasteiger partial charge in [0, 0.05) is 54.6 Å². The van der Waals surface area contributed by atoms with Crippen LogP contribution in [0.3, 0.4) is 0 Å². The lowest BCUT2D eigenvalue weighted by atomic mass is 10.1. The van der Waals surface area contributed by atoms with E-state index < -0.39 is 0 Å². The fourth-order valence-corrected chi connectivity index (χ4v) is 4.48. The second-order valence-corrected chi connectivity index (χ2v) is 8.02. The van der Waals surface area contributed by atoms with E-state index >= 15 is 0 Å². The first-order valence-electron chi connectivity index (χ1n) is 10.4. The van der Waals surface area contributed by atoms with Gasteiger partial charge in [0.15, 0.2) is 5.65 Å². The van der Waals surface area contributed by atoms with E-state index in [4.69, 9.17) is 9.40 Å². The molecule has 0 aromatic carbocycles. The molecule has 8 heteroatoms. The summed E-state index contributed by atoms with van der Waals surface area (Å²) in [4.78, 5) is 20.3. The van der Waals surface area contributed by atoms with E-state index in [1.165, 1.54) is 11.3 Å². The van der Waals surface area contributed by atoms with E-state index in [0.29, 0.717) is 18.6 Å². The first-order chi connectivity index (χ1) is 14.5. The number of fused-ring (bicyclic) bond motifs is 2. The van der Waals surface area contributed by atoms with Gasteiger partial charge in [0.2, 0.25) is 0 Å². The summed E-state index contributed by atoms with van der Waals surface area (Å²) in [6.07, 6.45) is 2.35. The molecule has 0 amide bonds. The number of aromatic amines is 1. The van der Waals surface area contributed by atoms with Crippen LogP contribution in [-0.4, -0.2) is 35.8 Å². The predicted molar refractivity (Wildman–Crippen MR) is 113 cm³/mol. The van der Waals surface area contributed by atoms with Gasteiger partial charge in [-0.2, -0.15) is 5.10 Å². The average Bonchev–Trinajstić information content (AvgIpc) is 3.41. The number of hydrogen-bond donors (Lipinski definition) is 1. The fourth-order valence-electron chi connectivity index (χ4n) is 4.48. The van der Waals surface area contributed by atoms with Crippen LogP contribution < -0.4 is 5.56 Å². The molecule has 156 valence electrons. The predicted octanol–water partition coefficient (Wildman–Crippen LogP) is 2.98. The Morgan fingerprint density at radius 2 is 2.10 bits per heavy atom. The molecule has 0 saturated carbocycles. The first-order valence-corrected chi connectivity index (χ1v) is 10.4. The Bertz CT molecular complexity index is 1310. The van der Waals surface area contributed by atoms with Crippen molar-refractivity contribution < 1.29 is 4.42 Å². The summed E-state index contributed by atoms with van der Waals surface area (Å²) in [5.41, 5.74) is 7.66. The molecule has 5 heterocycles. The van der Waals surface area contributed by atoms with Crippen molar-refractivity contribution in [3.63, 3.8) is 0 Å². The van der Waals surface area contributed by atoms with E-state index in [0.717, 1.165) is 53.6 Å². The van der Waals surface area contributed by atoms with Gasteiger partial charge in [-0.15, -0.1) is 0 Å². The van der Waals surface area contributed by atoms with Crippen LogP contribution >= 0.6 is 0 Å². The van der Waals surface area contributed by atoms with Gasteiger partial charge in [-0.3, -0.25) is 19.5 Å². The van der Waals surface area contributed by atoms with Crippen molar-refractivity contribution in [2.45, 2.75) is 53.8 Å². The molecule has 8 nitrogen and oxygen atoms in total. The highest BCUT2D eigenvalue weighted by atomic mass is 16.3. The van der Waals surface area contributed by atoms with Crippen molar-refractivity contribution in [3.05, 3.63) is 62.7 Å². The zero-order valence-electron chi connectivity index (χ0n) is 17.8. The van der Waals surface area contributed by atoms with E-state index in [2.05, 4.69) is 40.6 Å². The maximum absolute atomic E-state index is 13.1. The summed E-state index contributed by atoms with van der Waals surface area (Å²) < 4.78 is 9.01. The largest absolute Gasteiger partial charge is 0.469 e. The van der Waals surface area contributed by atoms with Gasteiger partial charge in [-0.1, -0.05) is 0 Å². The molecule has 1 aliphatic heterocycles. The third-order valence-electron chi connectivity index (χ3n) is 6.21. The lowest BCUT2D eigenvalue weighted by Gasteiger charge is -2.27. The van der Waals surface area contributed by atoms with Crippen molar-refractivity contribution in [2.24, 2.45) is 0 Å². The quantitative estimate of drug-likeness (QED) is 0.563. The van der Waals surface area contributed by atoms with Gasteiger partial charge in [0.25, 0.3) is 5.56 Å². The lowest BCUT2D eigenvalue weighted by molar-refractivity contribution is 0.239. The van der Waals surface area contributed by atoms with Gasteiger partial charge in [-0.05, 0) is 40.2 Å². The van der Waals surface area contributed by atoms with Crippen molar-refractivity contribution >= 4 is 5.65 Å². The number of furan rings is 1. The van der Waals surface area contributed by atoms with Crippen LogP contribution in [0.1, 0.15) is 40.9 Å². The summed E-state index contributed by atoms with van der Waals surface area (Å²) in [5, 5.41) is 7.83. The Morgan fingerprint density at radius 1 is 1.27 bits per heavy atom. The van der Waals surface area contributed by atoms with Gasteiger partial charge in [0.05, 0.1) is 23.3 Å². The Morgan fingerprint density at radius 3 is 2.80 bits per heavy atom. The molecule has 30 heavy (non-hydrogen) atoms. The van der Waals surface area contributed by atoms with E-state index in [9.17, 15) is 4.79 Å². The molecule has 1 aliphatic rings. The zero-order valence-corrected chi connectivity index (χ0v) is 17.8. The number of nitrogens with one attached hydrogen (secondary N) is 1. The average molecular weight is 406 g/mol. The fraction of sp³-hybridized carbons (Fsp3) is 0.409. The Hall–Kier alpha value is -3.13. The molecular weight excluding hydrogens is 380 g/mol. The monoisotopic (exact) mass is 406 g/mol. The van der Waals surface area contributed by atoms with Crippen LogP contribution in [-0.2, 0) is 26.1 Å². The molecule has 1 N–H and O–H groups in total. The number of aryl methyl sites for hydroxylation is 3. The zero-order chi connectivity index (χ0) is 21.0. The highest BCUT2D eigenvalue weighted by Gasteiger charge is 2.24. The van der Waals surface area contributed by atoms with Gasteiger partial charge < -0.3 is 4.42 Å². The van der Waals surface area contributed by atoms with E-state index in [1.54, 1.807) is 10.8 Å². The molecule has 0 saturated heterocycles. The van der Waals surface area contributed by atoms with Gasteiger partial charge >= 0.3 is 0 Å². The molecule has 0 unspecified atom stereocenters. The van der Waals surface area contributed by atoms with Crippen molar-refractivity contribution in [1.29, 1.82) is 0 Å². The minimum absolute atomic E-state index is 0.00629. The second-order valence-electron chi connectivity index (χ2n) is 8.02. The van der Waals surface area contributed by atoms with E-state index in [-0.39, 0.29) is 5.56 Å². The van der Waals surface area contributed by atoms with E-state index in [1.807, 2.05) is 19.1 Å². The normalized spacial score (nSPS) is 14.5. The molecule has 5 rings (SSSR count).